The Morgan fingerprint density at radius 2 is 1.95 bits per heavy atom. The minimum atomic E-state index is 0.154. The number of hydrogen-bond donors (Lipinski definition) is 0. The third-order valence-corrected chi connectivity index (χ3v) is 4.21. The maximum absolute atomic E-state index is 8.88. The third kappa shape index (κ3) is 2.92. The number of rotatable bonds is 3. The van der Waals surface area contributed by atoms with Crippen molar-refractivity contribution < 1.29 is 0 Å². The number of nitrogens with zero attached hydrogens (tertiary/aromatic N) is 2. The molecule has 0 saturated carbocycles. The molecule has 1 heterocycles. The van der Waals surface area contributed by atoms with E-state index in [9.17, 15) is 0 Å². The van der Waals surface area contributed by atoms with Gasteiger partial charge in [-0.15, -0.1) is 0 Å². The van der Waals surface area contributed by atoms with Gasteiger partial charge < -0.3 is 4.90 Å². The van der Waals surface area contributed by atoms with E-state index in [0.29, 0.717) is 18.3 Å². The second-order valence-electron chi connectivity index (χ2n) is 6.60. The van der Waals surface area contributed by atoms with E-state index in [1.807, 2.05) is 0 Å². The maximum atomic E-state index is 8.88. The summed E-state index contributed by atoms with van der Waals surface area (Å²) >= 11 is 0. The summed E-state index contributed by atoms with van der Waals surface area (Å²) in [7, 11) is 0. The Hall–Kier alpha value is -1.49. The second kappa shape index (κ2) is 5.25. The largest absolute Gasteiger partial charge is 0.366 e. The van der Waals surface area contributed by atoms with Crippen LogP contribution in [0.15, 0.2) is 24.3 Å². The highest BCUT2D eigenvalue weighted by Crippen LogP contribution is 2.38. The summed E-state index contributed by atoms with van der Waals surface area (Å²) in [6.07, 6.45) is 1.77. The zero-order valence-electron chi connectivity index (χ0n) is 12.5. The summed E-state index contributed by atoms with van der Waals surface area (Å²) in [5.74, 6) is 1.08. The van der Waals surface area contributed by atoms with Gasteiger partial charge in [0.2, 0.25) is 0 Å². The van der Waals surface area contributed by atoms with Gasteiger partial charge in [-0.05, 0) is 49.8 Å². The van der Waals surface area contributed by atoms with Gasteiger partial charge in [0.15, 0.2) is 0 Å². The van der Waals surface area contributed by atoms with Crippen LogP contribution in [0.3, 0.4) is 0 Å². The number of nitriles is 1. The van der Waals surface area contributed by atoms with Gasteiger partial charge in [-0.1, -0.05) is 26.0 Å². The van der Waals surface area contributed by atoms with E-state index >= 15 is 0 Å². The fraction of sp³-hybridized carbons (Fsp3) is 0.588. The van der Waals surface area contributed by atoms with E-state index in [1.54, 1.807) is 0 Å². The quantitative estimate of drug-likeness (QED) is 0.805. The minimum absolute atomic E-state index is 0.154. The smallest absolute Gasteiger partial charge is 0.0625 e. The highest BCUT2D eigenvalue weighted by atomic mass is 15.2. The SMILES string of the molecule is CC(C)c1ccc(N2CC(CC#N)CC2(C)C)cc1. The van der Waals surface area contributed by atoms with Crippen LogP contribution in [-0.2, 0) is 0 Å². The lowest BCUT2D eigenvalue weighted by Gasteiger charge is -2.33. The van der Waals surface area contributed by atoms with Crippen molar-refractivity contribution in [1.82, 2.24) is 0 Å². The molecule has 0 aromatic heterocycles. The lowest BCUT2D eigenvalue weighted by atomic mass is 9.94. The van der Waals surface area contributed by atoms with Crippen molar-refractivity contribution >= 4 is 5.69 Å². The highest BCUT2D eigenvalue weighted by molar-refractivity contribution is 5.51. The van der Waals surface area contributed by atoms with Gasteiger partial charge in [0.05, 0.1) is 6.07 Å². The Labute approximate surface area is 117 Å². The predicted molar refractivity (Wildman–Crippen MR) is 80.3 cm³/mol. The lowest BCUT2D eigenvalue weighted by Crippen LogP contribution is -2.38. The molecule has 0 radical (unpaired) electrons. The van der Waals surface area contributed by atoms with Crippen LogP contribution in [-0.4, -0.2) is 12.1 Å². The topological polar surface area (TPSA) is 27.0 Å². The van der Waals surface area contributed by atoms with Crippen molar-refractivity contribution in [3.05, 3.63) is 29.8 Å². The van der Waals surface area contributed by atoms with Crippen molar-refractivity contribution in [1.29, 1.82) is 5.26 Å². The van der Waals surface area contributed by atoms with Crippen molar-refractivity contribution in [2.24, 2.45) is 5.92 Å². The van der Waals surface area contributed by atoms with Gasteiger partial charge in [0.25, 0.3) is 0 Å². The number of anilines is 1. The Bertz CT molecular complexity index is 465. The molecule has 1 aliphatic rings. The Morgan fingerprint density at radius 1 is 1.32 bits per heavy atom. The highest BCUT2D eigenvalue weighted by Gasteiger charge is 2.38. The van der Waals surface area contributed by atoms with Crippen LogP contribution in [0.1, 0.15) is 52.0 Å². The summed E-state index contributed by atoms with van der Waals surface area (Å²) in [6.45, 7) is 10.00. The summed E-state index contributed by atoms with van der Waals surface area (Å²) in [4.78, 5) is 2.46. The molecule has 1 aromatic rings. The molecule has 0 aliphatic carbocycles. The first kappa shape index (κ1) is 13.9. The Kier molecular flexibility index (Phi) is 3.85. The normalized spacial score (nSPS) is 21.7. The molecule has 0 bridgehead atoms. The molecule has 1 unspecified atom stereocenters. The fourth-order valence-corrected chi connectivity index (χ4v) is 3.15. The molecule has 19 heavy (non-hydrogen) atoms. The molecular weight excluding hydrogens is 232 g/mol. The van der Waals surface area contributed by atoms with Crippen molar-refractivity contribution in [2.45, 2.75) is 52.0 Å². The third-order valence-electron chi connectivity index (χ3n) is 4.21. The Balaban J connectivity index is 2.19. The van der Waals surface area contributed by atoms with Crippen LogP contribution in [0.25, 0.3) is 0 Å². The average Bonchev–Trinajstić information content (AvgIpc) is 2.65. The zero-order valence-corrected chi connectivity index (χ0v) is 12.5. The number of hydrogen-bond acceptors (Lipinski definition) is 2. The van der Waals surface area contributed by atoms with Gasteiger partial charge in [0, 0.05) is 24.2 Å². The molecule has 1 aliphatic heterocycles. The monoisotopic (exact) mass is 256 g/mol. The molecule has 0 N–H and O–H groups in total. The average molecular weight is 256 g/mol. The molecule has 1 atom stereocenters. The first-order valence-corrected chi connectivity index (χ1v) is 7.18. The van der Waals surface area contributed by atoms with E-state index in [0.717, 1.165) is 13.0 Å². The van der Waals surface area contributed by atoms with Crippen LogP contribution in [0, 0.1) is 17.2 Å². The molecule has 0 spiro atoms. The zero-order chi connectivity index (χ0) is 14.0. The molecule has 2 rings (SSSR count). The van der Waals surface area contributed by atoms with E-state index < -0.39 is 0 Å². The second-order valence-corrected chi connectivity index (χ2v) is 6.60. The van der Waals surface area contributed by atoms with E-state index in [2.05, 4.69) is 62.9 Å². The molecule has 102 valence electrons. The molecular formula is C17H24N2. The molecule has 1 aromatic carbocycles. The molecule has 2 nitrogen and oxygen atoms in total. The maximum Gasteiger partial charge on any atom is 0.0625 e. The van der Waals surface area contributed by atoms with Gasteiger partial charge in [-0.25, -0.2) is 0 Å². The van der Waals surface area contributed by atoms with E-state index in [-0.39, 0.29) is 5.54 Å². The first-order valence-electron chi connectivity index (χ1n) is 7.18. The van der Waals surface area contributed by atoms with Crippen LogP contribution in [0.5, 0.6) is 0 Å². The number of benzene rings is 1. The first-order chi connectivity index (χ1) is 8.94. The summed E-state index contributed by atoms with van der Waals surface area (Å²) < 4.78 is 0. The summed E-state index contributed by atoms with van der Waals surface area (Å²) in [6, 6.07) is 11.2. The van der Waals surface area contributed by atoms with Crippen LogP contribution in [0.4, 0.5) is 5.69 Å². The standard InChI is InChI=1S/C17H24N2/c1-13(2)15-5-7-16(8-6-15)19-12-14(9-10-18)11-17(19,3)4/h5-8,13-14H,9,11-12H2,1-4H3. The molecule has 1 fully saturated rings. The van der Waals surface area contributed by atoms with Crippen molar-refractivity contribution in [3.63, 3.8) is 0 Å². The van der Waals surface area contributed by atoms with Crippen LogP contribution >= 0.6 is 0 Å². The summed E-state index contributed by atoms with van der Waals surface area (Å²) in [5.41, 5.74) is 2.82. The van der Waals surface area contributed by atoms with E-state index in [4.69, 9.17) is 5.26 Å². The lowest BCUT2D eigenvalue weighted by molar-refractivity contribution is 0.476. The molecule has 1 saturated heterocycles. The van der Waals surface area contributed by atoms with Crippen LogP contribution < -0.4 is 4.90 Å². The van der Waals surface area contributed by atoms with E-state index in [1.165, 1.54) is 11.3 Å². The van der Waals surface area contributed by atoms with Gasteiger partial charge >= 0.3 is 0 Å². The predicted octanol–water partition coefficient (Wildman–Crippen LogP) is 4.33. The van der Waals surface area contributed by atoms with Crippen LogP contribution in [0.2, 0.25) is 0 Å². The van der Waals surface area contributed by atoms with Gasteiger partial charge in [0.1, 0.15) is 0 Å². The molecule has 2 heteroatoms. The van der Waals surface area contributed by atoms with Gasteiger partial charge in [-0.2, -0.15) is 5.26 Å². The Morgan fingerprint density at radius 3 is 2.47 bits per heavy atom. The summed E-state index contributed by atoms with van der Waals surface area (Å²) in [5, 5.41) is 8.88. The van der Waals surface area contributed by atoms with Crippen molar-refractivity contribution in [2.75, 3.05) is 11.4 Å². The fourth-order valence-electron chi connectivity index (χ4n) is 3.15. The van der Waals surface area contributed by atoms with Gasteiger partial charge in [-0.3, -0.25) is 0 Å². The van der Waals surface area contributed by atoms with Crippen molar-refractivity contribution in [3.8, 4) is 6.07 Å². The molecule has 0 amide bonds. The minimum Gasteiger partial charge on any atom is -0.366 e.